The minimum Gasteiger partial charge on any atom is -0.382 e. The zero-order chi connectivity index (χ0) is 10.4. The lowest BCUT2D eigenvalue weighted by atomic mass is 10.1. The van der Waals surface area contributed by atoms with E-state index in [1.54, 1.807) is 11.3 Å². The molecule has 0 aliphatic carbocycles. The molecule has 1 unspecified atom stereocenters. The first kappa shape index (κ1) is 11.7. The molecule has 0 fully saturated rings. The Labute approximate surface area is 90.1 Å². The van der Waals surface area contributed by atoms with E-state index in [1.807, 2.05) is 6.92 Å². The highest BCUT2D eigenvalue weighted by Crippen LogP contribution is 2.21. The third-order valence-electron chi connectivity index (χ3n) is 2.19. The highest BCUT2D eigenvalue weighted by Gasteiger charge is 2.06. The lowest BCUT2D eigenvalue weighted by Crippen LogP contribution is -2.10. The molecule has 1 heterocycles. The molecule has 1 aromatic rings. The normalized spacial score (nSPS) is 13.1. The fraction of sp³-hybridized carbons (Fsp3) is 0.636. The van der Waals surface area contributed by atoms with Crippen molar-refractivity contribution in [2.24, 2.45) is 5.73 Å². The van der Waals surface area contributed by atoms with E-state index in [-0.39, 0.29) is 6.04 Å². The Hall–Kier alpha value is -0.380. The van der Waals surface area contributed by atoms with Crippen LogP contribution < -0.4 is 5.73 Å². The monoisotopic (exact) mass is 213 g/mol. The van der Waals surface area contributed by atoms with Gasteiger partial charge in [-0.05, 0) is 43.7 Å². The van der Waals surface area contributed by atoms with Gasteiger partial charge in [-0.3, -0.25) is 0 Å². The molecule has 0 aliphatic rings. The topological polar surface area (TPSA) is 35.2 Å². The molecule has 2 nitrogen and oxygen atoms in total. The summed E-state index contributed by atoms with van der Waals surface area (Å²) in [5, 5.41) is 2.15. The van der Waals surface area contributed by atoms with E-state index in [0.29, 0.717) is 0 Å². The largest absolute Gasteiger partial charge is 0.382 e. The molecular weight excluding hydrogens is 194 g/mol. The molecule has 3 heteroatoms. The van der Waals surface area contributed by atoms with Crippen molar-refractivity contribution in [1.82, 2.24) is 0 Å². The summed E-state index contributed by atoms with van der Waals surface area (Å²) in [6.45, 7) is 5.75. The molecule has 14 heavy (non-hydrogen) atoms. The highest BCUT2D eigenvalue weighted by atomic mass is 32.1. The Kier molecular flexibility index (Phi) is 5.15. The second kappa shape index (κ2) is 6.17. The Bertz CT molecular complexity index is 260. The lowest BCUT2D eigenvalue weighted by Gasteiger charge is -2.09. The van der Waals surface area contributed by atoms with Crippen molar-refractivity contribution in [2.75, 3.05) is 13.2 Å². The van der Waals surface area contributed by atoms with Crippen molar-refractivity contribution in [3.8, 4) is 0 Å². The number of hydrogen-bond acceptors (Lipinski definition) is 3. The predicted molar refractivity (Wildman–Crippen MR) is 61.7 cm³/mol. The molecule has 1 atom stereocenters. The maximum absolute atomic E-state index is 6.04. The number of ether oxygens (including phenoxy) is 1. The first-order valence-corrected chi connectivity index (χ1v) is 6.00. The zero-order valence-corrected chi connectivity index (χ0v) is 9.77. The van der Waals surface area contributed by atoms with Crippen LogP contribution in [0.1, 0.15) is 36.2 Å². The molecule has 0 amide bonds. The summed E-state index contributed by atoms with van der Waals surface area (Å²) >= 11 is 1.77. The first-order valence-electron chi connectivity index (χ1n) is 5.12. The van der Waals surface area contributed by atoms with Crippen LogP contribution in [0, 0.1) is 6.92 Å². The van der Waals surface area contributed by atoms with Crippen LogP contribution in [0.3, 0.4) is 0 Å². The van der Waals surface area contributed by atoms with Crippen LogP contribution >= 0.6 is 11.3 Å². The second-order valence-electron chi connectivity index (χ2n) is 3.44. The van der Waals surface area contributed by atoms with E-state index in [4.69, 9.17) is 10.5 Å². The number of aryl methyl sites for hydroxylation is 1. The molecule has 0 bridgehead atoms. The average molecular weight is 213 g/mol. The van der Waals surface area contributed by atoms with Gasteiger partial charge < -0.3 is 10.5 Å². The Balaban J connectivity index is 2.25. The van der Waals surface area contributed by atoms with Crippen LogP contribution in [0.15, 0.2) is 11.4 Å². The molecule has 1 rings (SSSR count). The summed E-state index contributed by atoms with van der Waals surface area (Å²) in [5.74, 6) is 0. The van der Waals surface area contributed by atoms with Crippen molar-refractivity contribution in [3.05, 3.63) is 21.9 Å². The third kappa shape index (κ3) is 3.78. The van der Waals surface area contributed by atoms with E-state index < -0.39 is 0 Å². The van der Waals surface area contributed by atoms with Crippen molar-refractivity contribution >= 4 is 11.3 Å². The van der Waals surface area contributed by atoms with Crippen LogP contribution in [0.4, 0.5) is 0 Å². The van der Waals surface area contributed by atoms with Crippen LogP contribution in [0.5, 0.6) is 0 Å². The molecule has 0 aliphatic heterocycles. The quantitative estimate of drug-likeness (QED) is 0.737. The van der Waals surface area contributed by atoms with Crippen molar-refractivity contribution < 1.29 is 4.74 Å². The number of nitrogens with two attached hydrogens (primary N) is 1. The summed E-state index contributed by atoms with van der Waals surface area (Å²) in [7, 11) is 0. The van der Waals surface area contributed by atoms with E-state index in [1.165, 1.54) is 10.4 Å². The molecule has 0 spiro atoms. The smallest absolute Gasteiger partial charge is 0.0466 e. The van der Waals surface area contributed by atoms with Crippen molar-refractivity contribution in [2.45, 2.75) is 32.7 Å². The van der Waals surface area contributed by atoms with Crippen molar-refractivity contribution in [3.63, 3.8) is 0 Å². The van der Waals surface area contributed by atoms with Gasteiger partial charge in [-0.2, -0.15) is 0 Å². The molecule has 2 N–H and O–H groups in total. The van der Waals surface area contributed by atoms with Gasteiger partial charge in [0, 0.05) is 24.1 Å². The summed E-state index contributed by atoms with van der Waals surface area (Å²) in [4.78, 5) is 1.33. The van der Waals surface area contributed by atoms with Gasteiger partial charge in [0.25, 0.3) is 0 Å². The predicted octanol–water partition coefficient (Wildman–Crippen LogP) is 2.87. The number of thiophene rings is 1. The Morgan fingerprint density at radius 2 is 2.36 bits per heavy atom. The standard InChI is InChI=1S/C11H19NOS/c1-3-13-6-4-5-11(12)10-7-9(2)14-8-10/h7-8,11H,3-6,12H2,1-2H3. The van der Waals surface area contributed by atoms with E-state index in [2.05, 4.69) is 18.4 Å². The zero-order valence-electron chi connectivity index (χ0n) is 8.95. The summed E-state index contributed by atoms with van der Waals surface area (Å²) in [6, 6.07) is 2.36. The Morgan fingerprint density at radius 3 is 2.93 bits per heavy atom. The Morgan fingerprint density at radius 1 is 1.57 bits per heavy atom. The van der Waals surface area contributed by atoms with E-state index in [0.717, 1.165) is 26.1 Å². The molecule has 0 aromatic carbocycles. The van der Waals surface area contributed by atoms with Gasteiger partial charge in [-0.25, -0.2) is 0 Å². The van der Waals surface area contributed by atoms with Gasteiger partial charge >= 0.3 is 0 Å². The van der Waals surface area contributed by atoms with Crippen molar-refractivity contribution in [1.29, 1.82) is 0 Å². The van der Waals surface area contributed by atoms with Gasteiger partial charge in [0.15, 0.2) is 0 Å². The minimum absolute atomic E-state index is 0.181. The van der Waals surface area contributed by atoms with Gasteiger partial charge in [0.2, 0.25) is 0 Å². The van der Waals surface area contributed by atoms with Gasteiger partial charge in [-0.1, -0.05) is 0 Å². The fourth-order valence-corrected chi connectivity index (χ4v) is 2.14. The van der Waals surface area contributed by atoms with E-state index >= 15 is 0 Å². The van der Waals surface area contributed by atoms with Crippen LogP contribution in [0.25, 0.3) is 0 Å². The third-order valence-corrected chi connectivity index (χ3v) is 3.07. The minimum atomic E-state index is 0.181. The number of rotatable bonds is 6. The van der Waals surface area contributed by atoms with Gasteiger partial charge in [0.1, 0.15) is 0 Å². The average Bonchev–Trinajstić information content (AvgIpc) is 2.59. The molecule has 0 radical (unpaired) electrons. The van der Waals surface area contributed by atoms with Crippen LogP contribution in [0.2, 0.25) is 0 Å². The summed E-state index contributed by atoms with van der Waals surface area (Å²) in [5.41, 5.74) is 7.31. The maximum atomic E-state index is 6.04. The van der Waals surface area contributed by atoms with E-state index in [9.17, 15) is 0 Å². The number of hydrogen-bond donors (Lipinski definition) is 1. The fourth-order valence-electron chi connectivity index (χ4n) is 1.37. The molecular formula is C11H19NOS. The van der Waals surface area contributed by atoms with Gasteiger partial charge in [0.05, 0.1) is 0 Å². The molecule has 1 aromatic heterocycles. The van der Waals surface area contributed by atoms with Crippen LogP contribution in [-0.2, 0) is 4.74 Å². The second-order valence-corrected chi connectivity index (χ2v) is 4.55. The SMILES string of the molecule is CCOCCCC(N)c1csc(C)c1. The maximum Gasteiger partial charge on any atom is 0.0466 e. The summed E-state index contributed by atoms with van der Waals surface area (Å²) < 4.78 is 5.27. The van der Waals surface area contributed by atoms with Crippen LogP contribution in [-0.4, -0.2) is 13.2 Å². The summed E-state index contributed by atoms with van der Waals surface area (Å²) in [6.07, 6.45) is 2.06. The highest BCUT2D eigenvalue weighted by molar-refractivity contribution is 7.10. The van der Waals surface area contributed by atoms with Gasteiger partial charge in [-0.15, -0.1) is 11.3 Å². The molecule has 0 saturated heterocycles. The molecule has 80 valence electrons. The lowest BCUT2D eigenvalue weighted by molar-refractivity contribution is 0.142. The molecule has 0 saturated carbocycles. The first-order chi connectivity index (χ1) is 6.74.